The van der Waals surface area contributed by atoms with Crippen molar-refractivity contribution in [2.75, 3.05) is 0 Å². The summed E-state index contributed by atoms with van der Waals surface area (Å²) in [5.74, 6) is 1.17. The van der Waals surface area contributed by atoms with E-state index in [0.29, 0.717) is 12.6 Å². The minimum Gasteiger partial charge on any atom is -0.489 e. The van der Waals surface area contributed by atoms with E-state index in [1.165, 1.54) is 0 Å². The van der Waals surface area contributed by atoms with E-state index < -0.39 is 0 Å². The van der Waals surface area contributed by atoms with Gasteiger partial charge in [0.25, 0.3) is 0 Å². The van der Waals surface area contributed by atoms with E-state index in [-0.39, 0.29) is 6.04 Å². The van der Waals surface area contributed by atoms with E-state index >= 15 is 0 Å². The maximum Gasteiger partial charge on any atom is 0.210 e. The fourth-order valence-electron chi connectivity index (χ4n) is 2.28. The lowest BCUT2D eigenvalue weighted by atomic mass is 10.0. The molecule has 3 N–H and O–H groups in total. The Morgan fingerprint density at radius 2 is 1.82 bits per heavy atom. The Morgan fingerprint density at radius 1 is 1.09 bits per heavy atom. The molecule has 2 aromatic carbocycles. The Balaban J connectivity index is 1.66. The number of guanidine groups is 1. The molecule has 1 aliphatic rings. The summed E-state index contributed by atoms with van der Waals surface area (Å²) in [6, 6.07) is 17.9. The second-order valence-corrected chi connectivity index (χ2v) is 5.10. The van der Waals surface area contributed by atoms with Crippen LogP contribution in [0.3, 0.4) is 0 Å². The fourth-order valence-corrected chi connectivity index (χ4v) is 2.28. The SMILES string of the molecule is CC1N=C(N)NN=C1c1ccc(OCc2ccccc2)cc1. The van der Waals surface area contributed by atoms with Gasteiger partial charge in [-0.15, -0.1) is 0 Å². The summed E-state index contributed by atoms with van der Waals surface area (Å²) in [6.45, 7) is 2.52. The monoisotopic (exact) mass is 294 g/mol. The van der Waals surface area contributed by atoms with Crippen LogP contribution in [0.1, 0.15) is 18.1 Å². The summed E-state index contributed by atoms with van der Waals surface area (Å²) >= 11 is 0. The first-order valence-corrected chi connectivity index (χ1v) is 7.16. The number of nitrogens with one attached hydrogen (secondary N) is 1. The number of nitrogens with two attached hydrogens (primary N) is 1. The summed E-state index contributed by atoms with van der Waals surface area (Å²) in [7, 11) is 0. The van der Waals surface area contributed by atoms with Gasteiger partial charge in [-0.1, -0.05) is 30.3 Å². The fraction of sp³-hybridized carbons (Fsp3) is 0.176. The number of hydrogen-bond donors (Lipinski definition) is 2. The van der Waals surface area contributed by atoms with E-state index in [0.717, 1.165) is 22.6 Å². The molecule has 0 spiro atoms. The third kappa shape index (κ3) is 3.25. The van der Waals surface area contributed by atoms with Crippen molar-refractivity contribution in [3.63, 3.8) is 0 Å². The standard InChI is InChI=1S/C17H18N4O/c1-12-16(20-21-17(18)19-12)14-7-9-15(10-8-14)22-11-13-5-3-2-4-6-13/h2-10,12H,11H2,1H3,(H3,18,19,21). The quantitative estimate of drug-likeness (QED) is 0.908. The number of aliphatic imine (C=N–C) groups is 1. The molecule has 0 aliphatic carbocycles. The number of benzene rings is 2. The van der Waals surface area contributed by atoms with Crippen LogP contribution in [0.25, 0.3) is 0 Å². The van der Waals surface area contributed by atoms with Gasteiger partial charge in [0, 0.05) is 5.56 Å². The van der Waals surface area contributed by atoms with Crippen molar-refractivity contribution in [3.8, 4) is 5.75 Å². The van der Waals surface area contributed by atoms with Crippen molar-refractivity contribution >= 4 is 11.7 Å². The zero-order valence-electron chi connectivity index (χ0n) is 12.4. The molecule has 5 heteroatoms. The molecular formula is C17H18N4O. The van der Waals surface area contributed by atoms with Gasteiger partial charge in [0.15, 0.2) is 0 Å². The van der Waals surface area contributed by atoms with Crippen molar-refractivity contribution in [2.45, 2.75) is 19.6 Å². The molecule has 1 aliphatic heterocycles. The van der Waals surface area contributed by atoms with Gasteiger partial charge >= 0.3 is 0 Å². The maximum absolute atomic E-state index is 5.78. The molecule has 1 heterocycles. The summed E-state index contributed by atoms with van der Waals surface area (Å²) in [6.07, 6.45) is 0. The molecule has 0 bridgehead atoms. The zero-order valence-corrected chi connectivity index (χ0v) is 12.4. The van der Waals surface area contributed by atoms with Crippen molar-refractivity contribution in [3.05, 3.63) is 65.7 Å². The van der Waals surface area contributed by atoms with Crippen LogP contribution in [0, 0.1) is 0 Å². The van der Waals surface area contributed by atoms with E-state index in [9.17, 15) is 0 Å². The lowest BCUT2D eigenvalue weighted by Crippen LogP contribution is -2.37. The Kier molecular flexibility index (Phi) is 4.05. The predicted molar refractivity (Wildman–Crippen MR) is 88.0 cm³/mol. The maximum atomic E-state index is 5.78. The van der Waals surface area contributed by atoms with Crippen LogP contribution in [-0.2, 0) is 6.61 Å². The van der Waals surface area contributed by atoms with Gasteiger partial charge in [0.1, 0.15) is 12.4 Å². The molecule has 5 nitrogen and oxygen atoms in total. The smallest absolute Gasteiger partial charge is 0.210 e. The normalized spacial score (nSPS) is 17.2. The number of ether oxygens (including phenoxy) is 1. The molecule has 0 fully saturated rings. The third-order valence-electron chi connectivity index (χ3n) is 3.42. The summed E-state index contributed by atoms with van der Waals surface area (Å²) < 4.78 is 5.78. The highest BCUT2D eigenvalue weighted by Gasteiger charge is 2.16. The minimum atomic E-state index is -0.0580. The lowest BCUT2D eigenvalue weighted by Gasteiger charge is -2.17. The van der Waals surface area contributed by atoms with Gasteiger partial charge in [-0.3, -0.25) is 0 Å². The largest absolute Gasteiger partial charge is 0.489 e. The first-order chi connectivity index (χ1) is 10.7. The molecule has 1 unspecified atom stereocenters. The first-order valence-electron chi connectivity index (χ1n) is 7.16. The molecule has 0 saturated heterocycles. The van der Waals surface area contributed by atoms with Crippen LogP contribution in [0.5, 0.6) is 5.75 Å². The third-order valence-corrected chi connectivity index (χ3v) is 3.42. The minimum absolute atomic E-state index is 0.0580. The van der Waals surface area contributed by atoms with Crippen LogP contribution < -0.4 is 15.9 Å². The molecular weight excluding hydrogens is 276 g/mol. The predicted octanol–water partition coefficient (Wildman–Crippen LogP) is 2.28. The Bertz CT molecular complexity index is 692. The van der Waals surface area contributed by atoms with Gasteiger partial charge in [0.2, 0.25) is 5.96 Å². The van der Waals surface area contributed by atoms with E-state index in [1.807, 2.05) is 61.5 Å². The average Bonchev–Trinajstić information content (AvgIpc) is 2.55. The Hall–Kier alpha value is -2.82. The highest BCUT2D eigenvalue weighted by Crippen LogP contribution is 2.17. The highest BCUT2D eigenvalue weighted by molar-refractivity contribution is 6.06. The first kappa shape index (κ1) is 14.1. The summed E-state index contributed by atoms with van der Waals surface area (Å²) in [4.78, 5) is 4.26. The molecule has 0 saturated carbocycles. The molecule has 1 atom stereocenters. The molecule has 0 amide bonds. The number of nitrogens with zero attached hydrogens (tertiary/aromatic N) is 2. The van der Waals surface area contributed by atoms with Crippen LogP contribution >= 0.6 is 0 Å². The molecule has 112 valence electrons. The molecule has 3 rings (SSSR count). The van der Waals surface area contributed by atoms with Gasteiger partial charge in [-0.25, -0.2) is 10.4 Å². The van der Waals surface area contributed by atoms with Gasteiger partial charge in [0.05, 0.1) is 11.8 Å². The van der Waals surface area contributed by atoms with Crippen LogP contribution in [0.15, 0.2) is 64.7 Å². The molecule has 0 aromatic heterocycles. The zero-order chi connectivity index (χ0) is 15.4. The second-order valence-electron chi connectivity index (χ2n) is 5.10. The molecule has 0 radical (unpaired) electrons. The van der Waals surface area contributed by atoms with E-state index in [2.05, 4.69) is 15.5 Å². The van der Waals surface area contributed by atoms with Crippen LogP contribution in [0.4, 0.5) is 0 Å². The van der Waals surface area contributed by atoms with E-state index in [4.69, 9.17) is 10.5 Å². The van der Waals surface area contributed by atoms with Crippen molar-refractivity contribution < 1.29 is 4.74 Å². The van der Waals surface area contributed by atoms with Crippen LogP contribution in [0.2, 0.25) is 0 Å². The topological polar surface area (TPSA) is 72.0 Å². The van der Waals surface area contributed by atoms with Gasteiger partial charge in [-0.2, -0.15) is 5.10 Å². The van der Waals surface area contributed by atoms with E-state index in [1.54, 1.807) is 0 Å². The number of rotatable bonds is 4. The second kappa shape index (κ2) is 6.30. The Labute approximate surface area is 129 Å². The summed E-state index contributed by atoms with van der Waals surface area (Å²) in [5, 5.41) is 4.26. The lowest BCUT2D eigenvalue weighted by molar-refractivity contribution is 0.306. The van der Waals surface area contributed by atoms with Gasteiger partial charge < -0.3 is 10.5 Å². The molecule has 2 aromatic rings. The van der Waals surface area contributed by atoms with Crippen LogP contribution in [-0.4, -0.2) is 17.7 Å². The number of hydrazone groups is 1. The average molecular weight is 294 g/mol. The van der Waals surface area contributed by atoms with Crippen molar-refractivity contribution in [1.29, 1.82) is 0 Å². The molecule has 22 heavy (non-hydrogen) atoms. The van der Waals surface area contributed by atoms with Crippen molar-refractivity contribution in [2.24, 2.45) is 15.8 Å². The van der Waals surface area contributed by atoms with Gasteiger partial charge in [-0.05, 0) is 36.8 Å². The summed E-state index contributed by atoms with van der Waals surface area (Å²) in [5.41, 5.74) is 11.3. The van der Waals surface area contributed by atoms with Crippen molar-refractivity contribution in [1.82, 2.24) is 5.43 Å². The Morgan fingerprint density at radius 3 is 2.50 bits per heavy atom. The highest BCUT2D eigenvalue weighted by atomic mass is 16.5. The number of hydrogen-bond acceptors (Lipinski definition) is 5.